The van der Waals surface area contributed by atoms with Gasteiger partial charge in [0, 0.05) is 26.2 Å². The van der Waals surface area contributed by atoms with E-state index >= 15 is 0 Å². The van der Waals surface area contributed by atoms with Crippen LogP contribution >= 0.6 is 11.8 Å². The molecule has 2 aliphatic heterocycles. The third-order valence-corrected chi connectivity index (χ3v) is 7.32. The summed E-state index contributed by atoms with van der Waals surface area (Å²) < 4.78 is 13.1. The normalized spacial score (nSPS) is 17.6. The number of nitrogens with zero attached hydrogens (tertiary/aromatic N) is 5. The van der Waals surface area contributed by atoms with Crippen LogP contribution in [-0.2, 0) is 14.3 Å². The quantitative estimate of drug-likeness (QED) is 0.503. The first-order valence-electron chi connectivity index (χ1n) is 11.6. The third kappa shape index (κ3) is 4.82. The van der Waals surface area contributed by atoms with Gasteiger partial charge in [0.05, 0.1) is 32.1 Å². The molecule has 0 N–H and O–H groups in total. The summed E-state index contributed by atoms with van der Waals surface area (Å²) in [6, 6.07) is 18.1. The first kappa shape index (κ1) is 22.9. The number of aromatic nitrogens is 3. The molecule has 3 aromatic rings. The lowest BCUT2D eigenvalue weighted by molar-refractivity contribution is -0.134. The molecule has 34 heavy (non-hydrogen) atoms. The Morgan fingerprint density at radius 3 is 2.24 bits per heavy atom. The van der Waals surface area contributed by atoms with Crippen LogP contribution in [0, 0.1) is 6.92 Å². The van der Waals surface area contributed by atoms with E-state index in [1.54, 1.807) is 0 Å². The Labute approximate surface area is 203 Å². The van der Waals surface area contributed by atoms with Crippen LogP contribution in [0.5, 0.6) is 0 Å². The minimum Gasteiger partial charge on any atom is -0.378 e. The molecule has 8 nitrogen and oxygen atoms in total. The van der Waals surface area contributed by atoms with Crippen molar-refractivity contribution in [2.24, 2.45) is 0 Å². The van der Waals surface area contributed by atoms with Crippen LogP contribution in [-0.4, -0.2) is 78.2 Å². The van der Waals surface area contributed by atoms with Gasteiger partial charge in [0.15, 0.2) is 5.16 Å². The second-order valence-corrected chi connectivity index (χ2v) is 9.42. The molecule has 0 spiro atoms. The third-order valence-electron chi connectivity index (χ3n) is 6.14. The number of carbonyl (C=O) groups excluding carboxylic acids is 1. The number of hydrogen-bond donors (Lipinski definition) is 0. The molecule has 1 atom stereocenters. The highest BCUT2D eigenvalue weighted by atomic mass is 32.2. The van der Waals surface area contributed by atoms with E-state index in [1.807, 2.05) is 47.4 Å². The Hall–Kier alpha value is -2.88. The average molecular weight is 480 g/mol. The molecule has 1 amide bonds. The van der Waals surface area contributed by atoms with Crippen molar-refractivity contribution >= 4 is 23.6 Å². The van der Waals surface area contributed by atoms with Gasteiger partial charge < -0.3 is 19.3 Å². The zero-order valence-corrected chi connectivity index (χ0v) is 20.1. The van der Waals surface area contributed by atoms with Crippen LogP contribution in [0.2, 0.25) is 0 Å². The molecule has 2 saturated heterocycles. The van der Waals surface area contributed by atoms with E-state index in [4.69, 9.17) is 9.47 Å². The molecule has 0 bridgehead atoms. The summed E-state index contributed by atoms with van der Waals surface area (Å²) in [5.74, 6) is 0.859. The molecule has 1 aromatic heterocycles. The topological polar surface area (TPSA) is 72.7 Å². The lowest BCUT2D eigenvalue weighted by Gasteiger charge is -2.30. The summed E-state index contributed by atoms with van der Waals surface area (Å²) in [6.45, 7) is 7.25. The van der Waals surface area contributed by atoms with Crippen LogP contribution < -0.4 is 4.90 Å². The highest BCUT2D eigenvalue weighted by Gasteiger charge is 2.31. The van der Waals surface area contributed by atoms with Crippen molar-refractivity contribution in [3.8, 4) is 5.69 Å². The number of thioether (sulfide) groups is 1. The molecule has 0 aliphatic carbocycles. The Bertz CT molecular complexity index is 1110. The average Bonchev–Trinajstić information content (AvgIpc) is 3.32. The number of anilines is 1. The van der Waals surface area contributed by atoms with E-state index in [1.165, 1.54) is 11.8 Å². The van der Waals surface area contributed by atoms with Crippen molar-refractivity contribution in [1.29, 1.82) is 0 Å². The lowest BCUT2D eigenvalue weighted by atomic mass is 10.1. The standard InChI is InChI=1S/C25H29N5O3S/c1-19-7-5-6-10-21(19)30-24(29-13-17-33-18-14-29)26-27-25(30)34-22(20-8-3-2-4-9-20)23(31)28-11-15-32-16-12-28/h2-10,22H,11-18H2,1H3/t22-/m1/s1. The summed E-state index contributed by atoms with van der Waals surface area (Å²) >= 11 is 1.46. The molecule has 5 rings (SSSR count). The van der Waals surface area contributed by atoms with E-state index in [0.717, 1.165) is 35.9 Å². The lowest BCUT2D eigenvalue weighted by Crippen LogP contribution is -2.42. The van der Waals surface area contributed by atoms with Gasteiger partial charge >= 0.3 is 0 Å². The smallest absolute Gasteiger partial charge is 0.240 e. The highest BCUT2D eigenvalue weighted by molar-refractivity contribution is 8.00. The summed E-state index contributed by atoms with van der Waals surface area (Å²) in [4.78, 5) is 17.8. The van der Waals surface area contributed by atoms with Crippen molar-refractivity contribution in [3.05, 3.63) is 65.7 Å². The van der Waals surface area contributed by atoms with E-state index in [9.17, 15) is 4.79 Å². The number of benzene rings is 2. The van der Waals surface area contributed by atoms with E-state index in [-0.39, 0.29) is 5.91 Å². The number of hydrogen-bond acceptors (Lipinski definition) is 7. The SMILES string of the molecule is Cc1ccccc1-n1c(S[C@@H](C(=O)N2CCOCC2)c2ccccc2)nnc1N1CCOCC1. The number of amides is 1. The molecule has 178 valence electrons. The van der Waals surface area contributed by atoms with Crippen LogP contribution in [0.25, 0.3) is 5.69 Å². The fourth-order valence-electron chi connectivity index (χ4n) is 4.28. The predicted octanol–water partition coefficient (Wildman–Crippen LogP) is 3.10. The van der Waals surface area contributed by atoms with Gasteiger partial charge in [0.1, 0.15) is 5.25 Å². The first-order chi connectivity index (χ1) is 16.7. The largest absolute Gasteiger partial charge is 0.378 e. The fourth-order valence-corrected chi connectivity index (χ4v) is 5.40. The van der Waals surface area contributed by atoms with E-state index in [2.05, 4.69) is 38.7 Å². The summed E-state index contributed by atoms with van der Waals surface area (Å²) in [5, 5.41) is 9.47. The predicted molar refractivity (Wildman–Crippen MR) is 132 cm³/mol. The Morgan fingerprint density at radius 1 is 0.882 bits per heavy atom. The second kappa shape index (κ2) is 10.6. The Kier molecular flexibility index (Phi) is 7.13. The van der Waals surface area contributed by atoms with Crippen LogP contribution in [0.1, 0.15) is 16.4 Å². The van der Waals surface area contributed by atoms with Crippen molar-refractivity contribution in [2.45, 2.75) is 17.3 Å². The van der Waals surface area contributed by atoms with Crippen molar-refractivity contribution in [3.63, 3.8) is 0 Å². The molecule has 2 aliphatic rings. The van der Waals surface area contributed by atoms with Gasteiger partial charge in [-0.1, -0.05) is 60.3 Å². The number of carbonyl (C=O) groups is 1. The van der Waals surface area contributed by atoms with Gasteiger partial charge in [0.25, 0.3) is 0 Å². The van der Waals surface area contributed by atoms with Crippen molar-refractivity contribution in [2.75, 3.05) is 57.5 Å². The minimum absolute atomic E-state index is 0.0757. The van der Waals surface area contributed by atoms with Crippen molar-refractivity contribution in [1.82, 2.24) is 19.7 Å². The summed E-state index contributed by atoms with van der Waals surface area (Å²) in [6.07, 6.45) is 0. The van der Waals surface area contributed by atoms with Crippen molar-refractivity contribution < 1.29 is 14.3 Å². The zero-order valence-electron chi connectivity index (χ0n) is 19.3. The van der Waals surface area contributed by atoms with Gasteiger partial charge in [-0.25, -0.2) is 0 Å². The highest BCUT2D eigenvalue weighted by Crippen LogP contribution is 2.39. The van der Waals surface area contributed by atoms with Gasteiger partial charge in [0.2, 0.25) is 11.9 Å². The van der Waals surface area contributed by atoms with Gasteiger partial charge in [-0.05, 0) is 24.1 Å². The van der Waals surface area contributed by atoms with Gasteiger partial charge in [-0.3, -0.25) is 9.36 Å². The second-order valence-electron chi connectivity index (χ2n) is 8.35. The maximum atomic E-state index is 13.7. The number of morpholine rings is 2. The van der Waals surface area contributed by atoms with Crippen LogP contribution in [0.4, 0.5) is 5.95 Å². The number of para-hydroxylation sites is 1. The fraction of sp³-hybridized carbons (Fsp3) is 0.400. The Balaban J connectivity index is 1.55. The van der Waals surface area contributed by atoms with Gasteiger partial charge in [-0.15, -0.1) is 10.2 Å². The molecule has 0 saturated carbocycles. The van der Waals surface area contributed by atoms with E-state index in [0.29, 0.717) is 44.7 Å². The Morgan fingerprint density at radius 2 is 1.53 bits per heavy atom. The molecule has 2 fully saturated rings. The molecule has 2 aromatic carbocycles. The number of rotatable bonds is 6. The minimum atomic E-state index is -0.427. The first-order valence-corrected chi connectivity index (χ1v) is 12.5. The molecule has 9 heteroatoms. The molecule has 0 radical (unpaired) electrons. The van der Waals surface area contributed by atoms with Crippen LogP contribution in [0.15, 0.2) is 59.8 Å². The number of aryl methyl sites for hydroxylation is 1. The summed E-state index contributed by atoms with van der Waals surface area (Å²) in [5.41, 5.74) is 3.09. The molecular weight excluding hydrogens is 450 g/mol. The monoisotopic (exact) mass is 479 g/mol. The summed E-state index contributed by atoms with van der Waals surface area (Å²) in [7, 11) is 0. The maximum absolute atomic E-state index is 13.7. The van der Waals surface area contributed by atoms with Gasteiger partial charge in [-0.2, -0.15) is 0 Å². The number of ether oxygens (including phenoxy) is 2. The van der Waals surface area contributed by atoms with Crippen LogP contribution in [0.3, 0.4) is 0 Å². The molecule has 0 unspecified atom stereocenters. The van der Waals surface area contributed by atoms with E-state index < -0.39 is 5.25 Å². The molecule has 3 heterocycles. The zero-order chi connectivity index (χ0) is 23.3. The maximum Gasteiger partial charge on any atom is 0.240 e. The molecular formula is C25H29N5O3S.